The molecular weight excluding hydrogens is 270 g/mol. The molecule has 0 radical (unpaired) electrons. The zero-order chi connectivity index (χ0) is 14.4. The third-order valence-electron chi connectivity index (χ3n) is 2.50. The van der Waals surface area contributed by atoms with Crippen LogP contribution in [-0.4, -0.2) is 11.0 Å². The van der Waals surface area contributed by atoms with E-state index < -0.39 is 0 Å². The fraction of sp³-hybridized carbons (Fsp3) is 0.250. The highest BCUT2D eigenvalue weighted by atomic mass is 32.1. The minimum Gasteiger partial charge on any atom is -0.423 e. The molecule has 2 aromatic rings. The zero-order valence-corrected chi connectivity index (χ0v) is 12.4. The summed E-state index contributed by atoms with van der Waals surface area (Å²) in [6.45, 7) is 4.32. The van der Waals surface area contributed by atoms with Crippen LogP contribution in [0.5, 0.6) is 5.75 Å². The molecule has 0 bridgehead atoms. The number of aromatic nitrogens is 1. The number of nitrogens with zero attached hydrogens (tertiary/aromatic N) is 1. The smallest absolute Gasteiger partial charge is 0.336 e. The van der Waals surface area contributed by atoms with Gasteiger partial charge in [0.15, 0.2) is 0 Å². The van der Waals surface area contributed by atoms with Gasteiger partial charge in [0.1, 0.15) is 5.75 Å². The number of benzene rings is 1. The van der Waals surface area contributed by atoms with Crippen molar-refractivity contribution in [3.63, 3.8) is 0 Å². The van der Waals surface area contributed by atoms with Crippen LogP contribution in [-0.2, 0) is 11.2 Å². The summed E-state index contributed by atoms with van der Waals surface area (Å²) >= 11 is 1.60. The van der Waals surface area contributed by atoms with E-state index in [9.17, 15) is 4.79 Å². The maximum atomic E-state index is 11.6. The lowest BCUT2D eigenvalue weighted by Crippen LogP contribution is -2.03. The van der Waals surface area contributed by atoms with Gasteiger partial charge in [-0.25, -0.2) is 9.78 Å². The van der Waals surface area contributed by atoms with Gasteiger partial charge in [-0.15, -0.1) is 11.3 Å². The Bertz CT molecular complexity index is 588. The number of para-hydroxylation sites is 1. The van der Waals surface area contributed by atoms with Gasteiger partial charge in [0.25, 0.3) is 0 Å². The van der Waals surface area contributed by atoms with E-state index in [1.807, 2.05) is 18.2 Å². The highest BCUT2D eigenvalue weighted by molar-refractivity contribution is 7.12. The number of carbonyl (C=O) groups is 1. The molecule has 0 amide bonds. The van der Waals surface area contributed by atoms with E-state index in [4.69, 9.17) is 4.74 Å². The van der Waals surface area contributed by atoms with Gasteiger partial charge in [0, 0.05) is 23.6 Å². The fourth-order valence-electron chi connectivity index (χ4n) is 1.63. The van der Waals surface area contributed by atoms with E-state index in [0.717, 1.165) is 16.3 Å². The topological polar surface area (TPSA) is 39.2 Å². The lowest BCUT2D eigenvalue weighted by atomic mass is 10.1. The van der Waals surface area contributed by atoms with Gasteiger partial charge in [-0.1, -0.05) is 32.0 Å². The van der Waals surface area contributed by atoms with Crippen molar-refractivity contribution in [2.75, 3.05) is 0 Å². The second-order valence-corrected chi connectivity index (χ2v) is 5.97. The monoisotopic (exact) mass is 287 g/mol. The van der Waals surface area contributed by atoms with Gasteiger partial charge >= 0.3 is 5.97 Å². The largest absolute Gasteiger partial charge is 0.423 e. The normalized spacial score (nSPS) is 11.2. The molecule has 104 valence electrons. The van der Waals surface area contributed by atoms with Crippen molar-refractivity contribution in [2.45, 2.75) is 20.3 Å². The molecule has 3 nitrogen and oxygen atoms in total. The Labute approximate surface area is 122 Å². The number of esters is 1. The summed E-state index contributed by atoms with van der Waals surface area (Å²) in [6.07, 6.45) is 5.92. The molecular formula is C16H17NO2S. The molecule has 0 fully saturated rings. The molecule has 1 heterocycles. The van der Waals surface area contributed by atoms with Gasteiger partial charge < -0.3 is 4.74 Å². The number of hydrogen-bond acceptors (Lipinski definition) is 4. The number of ether oxygens (including phenoxy) is 1. The average Bonchev–Trinajstić information content (AvgIpc) is 2.84. The molecule has 0 aliphatic rings. The number of thiazole rings is 1. The van der Waals surface area contributed by atoms with E-state index >= 15 is 0 Å². The first kappa shape index (κ1) is 14.5. The van der Waals surface area contributed by atoms with Gasteiger partial charge in [-0.05, 0) is 24.1 Å². The average molecular weight is 287 g/mol. The Kier molecular flexibility index (Phi) is 5.07. The van der Waals surface area contributed by atoms with Crippen molar-refractivity contribution < 1.29 is 9.53 Å². The Morgan fingerprint density at radius 3 is 2.80 bits per heavy atom. The third-order valence-corrected chi connectivity index (χ3v) is 3.48. The van der Waals surface area contributed by atoms with E-state index in [2.05, 4.69) is 18.8 Å². The van der Waals surface area contributed by atoms with Crippen LogP contribution in [0.4, 0.5) is 0 Å². The molecule has 0 unspecified atom stereocenters. The quantitative estimate of drug-likeness (QED) is 0.474. The first-order chi connectivity index (χ1) is 9.63. The van der Waals surface area contributed by atoms with Crippen molar-refractivity contribution >= 4 is 23.4 Å². The van der Waals surface area contributed by atoms with Crippen LogP contribution in [0, 0.1) is 5.92 Å². The summed E-state index contributed by atoms with van der Waals surface area (Å²) in [6, 6.07) is 9.03. The fourth-order valence-corrected chi connectivity index (χ4v) is 2.67. The Hall–Kier alpha value is -1.94. The van der Waals surface area contributed by atoms with Gasteiger partial charge in [-0.2, -0.15) is 0 Å². The van der Waals surface area contributed by atoms with Gasteiger partial charge in [0.05, 0.1) is 5.01 Å². The van der Waals surface area contributed by atoms with Crippen LogP contribution < -0.4 is 4.74 Å². The maximum absolute atomic E-state index is 11.6. The van der Waals surface area contributed by atoms with Crippen LogP contribution in [0.25, 0.3) is 6.08 Å². The molecule has 4 heteroatoms. The predicted molar refractivity (Wildman–Crippen MR) is 81.8 cm³/mol. The summed E-state index contributed by atoms with van der Waals surface area (Å²) in [5, 5.41) is 1.09. The standard InChI is InChI=1S/C16H17NO2S/c1-12(2)10-15-17-11-14(20-15)8-9-16(18)19-13-6-4-3-5-7-13/h3-9,11-12H,10H2,1-2H3/b9-8+. The summed E-state index contributed by atoms with van der Waals surface area (Å²) in [7, 11) is 0. The molecule has 1 aromatic heterocycles. The van der Waals surface area contributed by atoms with Crippen molar-refractivity contribution in [2.24, 2.45) is 5.92 Å². The van der Waals surface area contributed by atoms with Crippen LogP contribution in [0.1, 0.15) is 23.7 Å². The number of rotatable bonds is 5. The van der Waals surface area contributed by atoms with Crippen LogP contribution >= 0.6 is 11.3 Å². The summed E-state index contributed by atoms with van der Waals surface area (Å²) in [4.78, 5) is 16.9. The highest BCUT2D eigenvalue weighted by Gasteiger charge is 2.04. The summed E-state index contributed by atoms with van der Waals surface area (Å²) in [5.74, 6) is 0.753. The van der Waals surface area contributed by atoms with E-state index in [1.54, 1.807) is 35.7 Å². The predicted octanol–water partition coefficient (Wildman–Crippen LogP) is 3.96. The Balaban J connectivity index is 1.92. The lowest BCUT2D eigenvalue weighted by molar-refractivity contribution is -0.128. The van der Waals surface area contributed by atoms with E-state index in [0.29, 0.717) is 11.7 Å². The SMILES string of the molecule is CC(C)Cc1ncc(/C=C/C(=O)Oc2ccccc2)s1. The number of carbonyl (C=O) groups excluding carboxylic acids is 1. The molecule has 20 heavy (non-hydrogen) atoms. The molecule has 2 rings (SSSR count). The highest BCUT2D eigenvalue weighted by Crippen LogP contribution is 2.18. The van der Waals surface area contributed by atoms with E-state index in [1.165, 1.54) is 6.08 Å². The molecule has 0 saturated carbocycles. The lowest BCUT2D eigenvalue weighted by Gasteiger charge is -1.99. The minimum absolute atomic E-state index is 0.380. The molecule has 0 atom stereocenters. The van der Waals surface area contributed by atoms with Gasteiger partial charge in [-0.3, -0.25) is 0 Å². The van der Waals surface area contributed by atoms with Crippen molar-refractivity contribution in [1.82, 2.24) is 4.98 Å². The summed E-state index contributed by atoms with van der Waals surface area (Å²) < 4.78 is 5.17. The second-order valence-electron chi connectivity index (χ2n) is 4.82. The molecule has 0 aliphatic heterocycles. The molecule has 0 saturated heterocycles. The number of hydrogen-bond donors (Lipinski definition) is 0. The van der Waals surface area contributed by atoms with Crippen molar-refractivity contribution in [3.8, 4) is 5.75 Å². The first-order valence-electron chi connectivity index (χ1n) is 6.53. The first-order valence-corrected chi connectivity index (χ1v) is 7.35. The van der Waals surface area contributed by atoms with Crippen LogP contribution in [0.15, 0.2) is 42.6 Å². The second kappa shape index (κ2) is 7.01. The molecule has 1 aromatic carbocycles. The molecule has 0 N–H and O–H groups in total. The zero-order valence-electron chi connectivity index (χ0n) is 11.6. The molecule has 0 aliphatic carbocycles. The van der Waals surface area contributed by atoms with E-state index in [-0.39, 0.29) is 5.97 Å². The Morgan fingerprint density at radius 1 is 1.35 bits per heavy atom. The molecule has 0 spiro atoms. The Morgan fingerprint density at radius 2 is 2.10 bits per heavy atom. The van der Waals surface area contributed by atoms with Crippen molar-refractivity contribution in [3.05, 3.63) is 52.5 Å². The van der Waals surface area contributed by atoms with Crippen molar-refractivity contribution in [1.29, 1.82) is 0 Å². The summed E-state index contributed by atoms with van der Waals surface area (Å²) in [5.41, 5.74) is 0. The van der Waals surface area contributed by atoms with Crippen LogP contribution in [0.3, 0.4) is 0 Å². The van der Waals surface area contributed by atoms with Crippen LogP contribution in [0.2, 0.25) is 0 Å². The third kappa shape index (κ3) is 4.63. The minimum atomic E-state index is -0.380. The maximum Gasteiger partial charge on any atom is 0.336 e. The van der Waals surface area contributed by atoms with Gasteiger partial charge in [0.2, 0.25) is 0 Å².